The van der Waals surface area contributed by atoms with E-state index in [2.05, 4.69) is 4.74 Å². The minimum atomic E-state index is -0.627. The van der Waals surface area contributed by atoms with Gasteiger partial charge in [0.2, 0.25) is 0 Å². The Bertz CT molecular complexity index is 338. The van der Waals surface area contributed by atoms with Gasteiger partial charge < -0.3 is 19.3 Å². The third kappa shape index (κ3) is 4.36. The number of methoxy groups -OCH3 is 1. The van der Waals surface area contributed by atoms with Crippen LogP contribution in [0.3, 0.4) is 0 Å². The molecule has 2 atom stereocenters. The molecule has 0 aromatic heterocycles. The highest BCUT2D eigenvalue weighted by atomic mass is 16.6. The van der Waals surface area contributed by atoms with E-state index in [1.165, 1.54) is 12.0 Å². The molecular formula is C12H21NO6. The number of aliphatic hydroxyl groups is 1. The molecule has 1 rings (SSSR count). The SMILES string of the molecule is COC(=O)C[C@H]1OCN(C(=O)OC(C)(C)C)[C@@H]1CO. The number of rotatable bonds is 3. The number of amides is 1. The number of carbonyl (C=O) groups is 2. The number of carbonyl (C=O) groups excluding carboxylic acids is 2. The number of hydrogen-bond acceptors (Lipinski definition) is 6. The number of ether oxygens (including phenoxy) is 3. The van der Waals surface area contributed by atoms with Crippen LogP contribution in [0.25, 0.3) is 0 Å². The molecule has 1 aliphatic rings. The van der Waals surface area contributed by atoms with Gasteiger partial charge >= 0.3 is 12.1 Å². The summed E-state index contributed by atoms with van der Waals surface area (Å²) in [5, 5.41) is 9.36. The van der Waals surface area contributed by atoms with Crippen LogP contribution in [0.2, 0.25) is 0 Å². The Morgan fingerprint density at radius 3 is 2.53 bits per heavy atom. The highest BCUT2D eigenvalue weighted by Crippen LogP contribution is 2.22. The molecule has 1 aliphatic heterocycles. The van der Waals surface area contributed by atoms with Crippen LogP contribution >= 0.6 is 0 Å². The fourth-order valence-electron chi connectivity index (χ4n) is 1.75. The first-order valence-corrected chi connectivity index (χ1v) is 6.07. The van der Waals surface area contributed by atoms with Crippen LogP contribution in [-0.4, -0.2) is 60.3 Å². The zero-order valence-electron chi connectivity index (χ0n) is 11.7. The fraction of sp³-hybridized carbons (Fsp3) is 0.833. The third-order valence-corrected chi connectivity index (χ3v) is 2.67. The molecule has 7 heteroatoms. The lowest BCUT2D eigenvalue weighted by Gasteiger charge is -2.27. The Hall–Kier alpha value is -1.34. The smallest absolute Gasteiger partial charge is 0.412 e. The summed E-state index contributed by atoms with van der Waals surface area (Å²) >= 11 is 0. The minimum absolute atomic E-state index is 0.0121. The lowest BCUT2D eigenvalue weighted by atomic mass is 10.1. The number of esters is 1. The van der Waals surface area contributed by atoms with Gasteiger partial charge in [-0.2, -0.15) is 0 Å². The van der Waals surface area contributed by atoms with Gasteiger partial charge in [0, 0.05) is 0 Å². The first-order valence-electron chi connectivity index (χ1n) is 6.07. The molecule has 1 saturated heterocycles. The van der Waals surface area contributed by atoms with Crippen molar-refractivity contribution in [1.29, 1.82) is 0 Å². The zero-order chi connectivity index (χ0) is 14.6. The molecule has 0 bridgehead atoms. The van der Waals surface area contributed by atoms with Crippen molar-refractivity contribution in [3.8, 4) is 0 Å². The fourth-order valence-corrected chi connectivity index (χ4v) is 1.75. The average molecular weight is 275 g/mol. The largest absolute Gasteiger partial charge is 0.469 e. The first-order chi connectivity index (χ1) is 8.78. The summed E-state index contributed by atoms with van der Waals surface area (Å²) in [5.41, 5.74) is -0.627. The van der Waals surface area contributed by atoms with Crippen LogP contribution < -0.4 is 0 Å². The third-order valence-electron chi connectivity index (χ3n) is 2.67. The van der Waals surface area contributed by atoms with Gasteiger partial charge in [0.25, 0.3) is 0 Å². The van der Waals surface area contributed by atoms with Gasteiger partial charge in [-0.3, -0.25) is 9.69 Å². The van der Waals surface area contributed by atoms with Crippen molar-refractivity contribution in [2.24, 2.45) is 0 Å². The van der Waals surface area contributed by atoms with Gasteiger partial charge in [0.05, 0.1) is 32.3 Å². The summed E-state index contributed by atoms with van der Waals surface area (Å²) in [7, 11) is 1.27. The van der Waals surface area contributed by atoms with Crippen LogP contribution in [0.4, 0.5) is 4.79 Å². The van der Waals surface area contributed by atoms with Crippen LogP contribution in [0.1, 0.15) is 27.2 Å². The van der Waals surface area contributed by atoms with E-state index in [0.717, 1.165) is 0 Å². The lowest BCUT2D eigenvalue weighted by molar-refractivity contribution is -0.143. The minimum Gasteiger partial charge on any atom is -0.469 e. The van der Waals surface area contributed by atoms with E-state index in [1.807, 2.05) is 0 Å². The molecule has 19 heavy (non-hydrogen) atoms. The molecule has 1 amide bonds. The molecule has 110 valence electrons. The molecule has 0 aromatic carbocycles. The second-order valence-electron chi connectivity index (χ2n) is 5.31. The lowest BCUT2D eigenvalue weighted by Crippen LogP contribution is -2.45. The van der Waals surface area contributed by atoms with E-state index in [0.29, 0.717) is 0 Å². The van der Waals surface area contributed by atoms with E-state index in [9.17, 15) is 14.7 Å². The average Bonchev–Trinajstić information content (AvgIpc) is 2.69. The number of nitrogens with zero attached hydrogens (tertiary/aromatic N) is 1. The van der Waals surface area contributed by atoms with E-state index in [4.69, 9.17) is 9.47 Å². The second-order valence-corrected chi connectivity index (χ2v) is 5.31. The molecule has 0 saturated carbocycles. The maximum atomic E-state index is 11.9. The number of hydrogen-bond donors (Lipinski definition) is 1. The van der Waals surface area contributed by atoms with Crippen LogP contribution in [0.15, 0.2) is 0 Å². The molecule has 0 aliphatic carbocycles. The Morgan fingerprint density at radius 1 is 1.42 bits per heavy atom. The second kappa shape index (κ2) is 6.21. The molecule has 0 unspecified atom stereocenters. The quantitative estimate of drug-likeness (QED) is 0.755. The summed E-state index contributed by atoms with van der Waals surface area (Å²) in [4.78, 5) is 24.4. The van der Waals surface area contributed by atoms with E-state index in [-0.39, 0.29) is 19.8 Å². The maximum absolute atomic E-state index is 11.9. The topological polar surface area (TPSA) is 85.3 Å². The molecular weight excluding hydrogens is 254 g/mol. The maximum Gasteiger partial charge on any atom is 0.412 e. The van der Waals surface area contributed by atoms with Gasteiger partial charge in [-0.25, -0.2) is 4.79 Å². The summed E-state index contributed by atoms with van der Waals surface area (Å²) in [6.45, 7) is 4.94. The predicted octanol–water partition coefficient (Wildman–Crippen LogP) is 0.504. The molecule has 1 heterocycles. The molecule has 0 radical (unpaired) electrons. The van der Waals surface area contributed by atoms with Crippen LogP contribution in [0.5, 0.6) is 0 Å². The monoisotopic (exact) mass is 275 g/mol. The molecule has 0 aromatic rings. The van der Waals surface area contributed by atoms with Crippen molar-refractivity contribution in [1.82, 2.24) is 4.90 Å². The van der Waals surface area contributed by atoms with Gasteiger partial charge in [-0.05, 0) is 20.8 Å². The van der Waals surface area contributed by atoms with E-state index >= 15 is 0 Å². The predicted molar refractivity (Wildman–Crippen MR) is 65.3 cm³/mol. The van der Waals surface area contributed by atoms with Gasteiger partial charge in [0.1, 0.15) is 12.3 Å². The standard InChI is InChI=1S/C12H21NO6/c1-12(2,3)19-11(16)13-7-18-9(8(13)6-14)5-10(15)17-4/h8-9,14H,5-7H2,1-4H3/t8-,9-/m1/s1. The summed E-state index contributed by atoms with van der Waals surface area (Å²) in [6, 6.07) is -0.603. The van der Waals surface area contributed by atoms with E-state index in [1.54, 1.807) is 20.8 Å². The Morgan fingerprint density at radius 2 is 2.05 bits per heavy atom. The Kier molecular flexibility index (Phi) is 5.13. The number of aliphatic hydroxyl groups excluding tert-OH is 1. The van der Waals surface area contributed by atoms with Crippen molar-refractivity contribution in [3.63, 3.8) is 0 Å². The molecule has 1 N–H and O–H groups in total. The highest BCUT2D eigenvalue weighted by molar-refractivity contribution is 5.71. The Labute approximate surface area is 112 Å². The van der Waals surface area contributed by atoms with E-state index < -0.39 is 29.8 Å². The van der Waals surface area contributed by atoms with Crippen molar-refractivity contribution in [2.75, 3.05) is 20.4 Å². The van der Waals surface area contributed by atoms with Crippen molar-refractivity contribution in [2.45, 2.75) is 44.9 Å². The summed E-state index contributed by atoms with van der Waals surface area (Å²) in [6.07, 6.45) is -1.16. The van der Waals surface area contributed by atoms with Gasteiger partial charge in [0.15, 0.2) is 0 Å². The van der Waals surface area contributed by atoms with Crippen molar-refractivity contribution in [3.05, 3.63) is 0 Å². The van der Waals surface area contributed by atoms with Crippen LogP contribution in [0, 0.1) is 0 Å². The van der Waals surface area contributed by atoms with Gasteiger partial charge in [-0.1, -0.05) is 0 Å². The van der Waals surface area contributed by atoms with Gasteiger partial charge in [-0.15, -0.1) is 0 Å². The zero-order valence-corrected chi connectivity index (χ0v) is 11.7. The first kappa shape index (κ1) is 15.7. The van der Waals surface area contributed by atoms with Crippen LogP contribution in [-0.2, 0) is 19.0 Å². The normalized spacial score (nSPS) is 23.3. The van der Waals surface area contributed by atoms with Crippen molar-refractivity contribution < 1.29 is 28.9 Å². The summed E-state index contributed by atoms with van der Waals surface area (Å²) in [5.74, 6) is -0.450. The molecule has 0 spiro atoms. The molecule has 7 nitrogen and oxygen atoms in total. The van der Waals surface area contributed by atoms with Crippen molar-refractivity contribution >= 4 is 12.1 Å². The Balaban J connectivity index is 2.66. The molecule has 1 fully saturated rings. The summed E-state index contributed by atoms with van der Waals surface area (Å²) < 4.78 is 15.1. The highest BCUT2D eigenvalue weighted by Gasteiger charge is 2.40.